The van der Waals surface area contributed by atoms with Gasteiger partial charge in [0.05, 0.1) is 11.3 Å². The van der Waals surface area contributed by atoms with Crippen LogP contribution in [-0.4, -0.2) is 11.1 Å². The van der Waals surface area contributed by atoms with Crippen molar-refractivity contribution in [3.05, 3.63) is 76.2 Å². The summed E-state index contributed by atoms with van der Waals surface area (Å²) < 4.78 is 11.0. The highest BCUT2D eigenvalue weighted by Gasteiger charge is 2.14. The number of fused-ring (bicyclic) bond motifs is 1. The number of ether oxygens (including phenoxy) is 1. The maximum Gasteiger partial charge on any atom is 0.255 e. The van der Waals surface area contributed by atoms with Gasteiger partial charge < -0.3 is 14.6 Å². The van der Waals surface area contributed by atoms with E-state index in [9.17, 15) is 4.79 Å². The van der Waals surface area contributed by atoms with Crippen molar-refractivity contribution in [1.29, 1.82) is 0 Å². The quantitative estimate of drug-likeness (QED) is 0.720. The topological polar surface area (TPSA) is 64.4 Å². The molecule has 5 nitrogen and oxygen atoms in total. The molecule has 5 heteroatoms. The molecule has 0 spiro atoms. The van der Waals surface area contributed by atoms with Gasteiger partial charge in [-0.1, -0.05) is 17.3 Å². The average molecular weight is 362 g/mol. The zero-order valence-corrected chi connectivity index (χ0v) is 15.5. The van der Waals surface area contributed by atoms with Gasteiger partial charge in [-0.2, -0.15) is 0 Å². The van der Waals surface area contributed by atoms with Gasteiger partial charge in [0.1, 0.15) is 18.1 Å². The number of nitrogens with zero attached hydrogens (tertiary/aromatic N) is 1. The fraction of sp³-hybridized carbons (Fsp3) is 0.273. The van der Waals surface area contributed by atoms with Crippen LogP contribution in [0.3, 0.4) is 0 Å². The first kappa shape index (κ1) is 17.3. The monoisotopic (exact) mass is 362 g/mol. The van der Waals surface area contributed by atoms with Crippen molar-refractivity contribution >= 4 is 11.6 Å². The van der Waals surface area contributed by atoms with Crippen LogP contribution >= 0.6 is 0 Å². The molecule has 0 saturated carbocycles. The highest BCUT2D eigenvalue weighted by Crippen LogP contribution is 2.25. The maximum absolute atomic E-state index is 12.6. The van der Waals surface area contributed by atoms with E-state index in [1.807, 2.05) is 32.0 Å². The van der Waals surface area contributed by atoms with Crippen molar-refractivity contribution in [2.24, 2.45) is 0 Å². The molecular weight excluding hydrogens is 340 g/mol. The molecule has 1 aromatic heterocycles. The van der Waals surface area contributed by atoms with Gasteiger partial charge in [-0.25, -0.2) is 0 Å². The number of rotatable bonds is 5. The van der Waals surface area contributed by atoms with Gasteiger partial charge in [0, 0.05) is 11.3 Å². The van der Waals surface area contributed by atoms with E-state index in [0.717, 1.165) is 35.5 Å². The van der Waals surface area contributed by atoms with E-state index in [4.69, 9.17) is 9.26 Å². The molecule has 0 saturated heterocycles. The standard InChI is InChI=1S/C22H22N2O3/c1-14-21(15(2)27-24-14)13-26-20-8-4-7-18(12-20)22(25)23-19-10-9-16-5-3-6-17(16)11-19/h4,7-12H,3,5-6,13H2,1-2H3,(H,23,25). The number of carbonyl (C=O) groups excluding carboxylic acids is 1. The van der Waals surface area contributed by atoms with Gasteiger partial charge in [0.2, 0.25) is 0 Å². The number of carbonyl (C=O) groups is 1. The van der Waals surface area contributed by atoms with E-state index in [0.29, 0.717) is 17.9 Å². The van der Waals surface area contributed by atoms with E-state index in [-0.39, 0.29) is 5.91 Å². The molecule has 1 N–H and O–H groups in total. The summed E-state index contributed by atoms with van der Waals surface area (Å²) in [5.41, 5.74) is 5.88. The Morgan fingerprint density at radius 1 is 1.15 bits per heavy atom. The zero-order chi connectivity index (χ0) is 18.8. The summed E-state index contributed by atoms with van der Waals surface area (Å²) in [6, 6.07) is 13.4. The molecule has 4 rings (SSSR count). The first-order chi connectivity index (χ1) is 13.1. The van der Waals surface area contributed by atoms with E-state index in [1.54, 1.807) is 12.1 Å². The number of hydrogen-bond donors (Lipinski definition) is 1. The SMILES string of the molecule is Cc1noc(C)c1COc1cccc(C(=O)Nc2ccc3c(c2)CCC3)c1. The third-order valence-electron chi connectivity index (χ3n) is 5.02. The summed E-state index contributed by atoms with van der Waals surface area (Å²) in [7, 11) is 0. The van der Waals surface area contributed by atoms with Crippen LogP contribution < -0.4 is 10.1 Å². The lowest BCUT2D eigenvalue weighted by Crippen LogP contribution is -2.12. The second-order valence-corrected chi connectivity index (χ2v) is 6.91. The zero-order valence-electron chi connectivity index (χ0n) is 15.5. The van der Waals surface area contributed by atoms with Crippen molar-refractivity contribution in [3.63, 3.8) is 0 Å². The highest BCUT2D eigenvalue weighted by molar-refractivity contribution is 6.04. The van der Waals surface area contributed by atoms with Crippen LogP contribution in [-0.2, 0) is 19.4 Å². The minimum absolute atomic E-state index is 0.143. The van der Waals surface area contributed by atoms with Crippen LogP contribution in [0.1, 0.15) is 44.9 Å². The van der Waals surface area contributed by atoms with Gasteiger partial charge >= 0.3 is 0 Å². The van der Waals surface area contributed by atoms with Crippen molar-refractivity contribution in [2.75, 3.05) is 5.32 Å². The van der Waals surface area contributed by atoms with Gasteiger partial charge in [-0.05, 0) is 74.6 Å². The number of aromatic nitrogens is 1. The Hall–Kier alpha value is -3.08. The lowest BCUT2D eigenvalue weighted by molar-refractivity contribution is 0.102. The fourth-order valence-corrected chi connectivity index (χ4v) is 3.44. The molecule has 138 valence electrons. The van der Waals surface area contributed by atoms with Crippen molar-refractivity contribution in [3.8, 4) is 5.75 Å². The van der Waals surface area contributed by atoms with E-state index >= 15 is 0 Å². The summed E-state index contributed by atoms with van der Waals surface area (Å²) >= 11 is 0. The number of anilines is 1. The second kappa shape index (κ2) is 7.27. The lowest BCUT2D eigenvalue weighted by Gasteiger charge is -2.10. The Bertz CT molecular complexity index is 971. The second-order valence-electron chi connectivity index (χ2n) is 6.91. The first-order valence-corrected chi connectivity index (χ1v) is 9.18. The van der Waals surface area contributed by atoms with Crippen molar-refractivity contribution in [1.82, 2.24) is 5.16 Å². The predicted molar refractivity (Wildman–Crippen MR) is 103 cm³/mol. The van der Waals surface area contributed by atoms with Gasteiger partial charge in [0.25, 0.3) is 5.91 Å². The molecular formula is C22H22N2O3. The Labute approximate surface area is 158 Å². The minimum Gasteiger partial charge on any atom is -0.489 e. The number of aryl methyl sites for hydroxylation is 4. The Morgan fingerprint density at radius 2 is 2.00 bits per heavy atom. The summed E-state index contributed by atoms with van der Waals surface area (Å²) in [5, 5.41) is 6.91. The predicted octanol–water partition coefficient (Wildman–Crippen LogP) is 4.61. The molecule has 0 unspecified atom stereocenters. The molecule has 2 aromatic carbocycles. The molecule has 3 aromatic rings. The van der Waals surface area contributed by atoms with Gasteiger partial charge in [-0.15, -0.1) is 0 Å². The number of hydrogen-bond acceptors (Lipinski definition) is 4. The van der Waals surface area contributed by atoms with Gasteiger partial charge in [0.15, 0.2) is 0 Å². The summed E-state index contributed by atoms with van der Waals surface area (Å²) in [5.74, 6) is 1.24. The van der Waals surface area contributed by atoms with E-state index < -0.39 is 0 Å². The molecule has 1 heterocycles. The normalized spacial score (nSPS) is 12.7. The Balaban J connectivity index is 1.44. The van der Waals surface area contributed by atoms with Gasteiger partial charge in [-0.3, -0.25) is 4.79 Å². The number of nitrogens with one attached hydrogen (secondary N) is 1. The molecule has 0 bridgehead atoms. The molecule has 0 radical (unpaired) electrons. The van der Waals surface area contributed by atoms with Crippen molar-refractivity contribution < 1.29 is 14.1 Å². The lowest BCUT2D eigenvalue weighted by atomic mass is 10.1. The van der Waals surface area contributed by atoms with Crippen LogP contribution in [0.15, 0.2) is 47.0 Å². The number of benzene rings is 2. The van der Waals surface area contributed by atoms with Crippen LogP contribution in [0.4, 0.5) is 5.69 Å². The highest BCUT2D eigenvalue weighted by atomic mass is 16.5. The van der Waals surface area contributed by atoms with Crippen LogP contribution in [0.2, 0.25) is 0 Å². The smallest absolute Gasteiger partial charge is 0.255 e. The summed E-state index contributed by atoms with van der Waals surface area (Å²) in [6.07, 6.45) is 3.41. The number of amides is 1. The van der Waals surface area contributed by atoms with Crippen molar-refractivity contribution in [2.45, 2.75) is 39.7 Å². The fourth-order valence-electron chi connectivity index (χ4n) is 3.44. The van der Waals surface area contributed by atoms with E-state index in [1.165, 1.54) is 17.5 Å². The molecule has 0 atom stereocenters. The maximum atomic E-state index is 12.6. The van der Waals surface area contributed by atoms with Crippen LogP contribution in [0, 0.1) is 13.8 Å². The van der Waals surface area contributed by atoms with Crippen LogP contribution in [0.25, 0.3) is 0 Å². The molecule has 1 amide bonds. The molecule has 1 aliphatic carbocycles. The van der Waals surface area contributed by atoms with E-state index in [2.05, 4.69) is 22.6 Å². The Morgan fingerprint density at radius 3 is 2.81 bits per heavy atom. The summed E-state index contributed by atoms with van der Waals surface area (Å²) in [6.45, 7) is 4.10. The molecule has 1 aliphatic rings. The molecule has 27 heavy (non-hydrogen) atoms. The average Bonchev–Trinajstić information content (AvgIpc) is 3.26. The largest absolute Gasteiger partial charge is 0.489 e. The summed E-state index contributed by atoms with van der Waals surface area (Å²) in [4.78, 5) is 12.6. The third kappa shape index (κ3) is 3.72. The van der Waals surface area contributed by atoms with Crippen LogP contribution in [0.5, 0.6) is 5.75 Å². The molecule has 0 fully saturated rings. The molecule has 0 aliphatic heterocycles. The first-order valence-electron chi connectivity index (χ1n) is 9.18. The Kier molecular flexibility index (Phi) is 4.67. The minimum atomic E-state index is -0.143. The third-order valence-corrected chi connectivity index (χ3v) is 5.02.